The minimum absolute atomic E-state index is 0.230. The van der Waals surface area contributed by atoms with Crippen LogP contribution < -0.4 is 5.32 Å². The van der Waals surface area contributed by atoms with Gasteiger partial charge in [0.15, 0.2) is 0 Å². The van der Waals surface area contributed by atoms with Gasteiger partial charge in [0, 0.05) is 17.5 Å². The van der Waals surface area contributed by atoms with Gasteiger partial charge in [-0.1, -0.05) is 97.1 Å². The minimum Gasteiger partial charge on any atom is -0.366 e. The summed E-state index contributed by atoms with van der Waals surface area (Å²) in [6.45, 7) is 0.657. The molecule has 4 aromatic rings. The third-order valence-corrected chi connectivity index (χ3v) is 5.51. The van der Waals surface area contributed by atoms with E-state index in [0.717, 1.165) is 17.8 Å². The third-order valence-electron chi connectivity index (χ3n) is 5.51. The molecule has 0 unspecified atom stereocenters. The molecule has 4 aromatic carbocycles. The van der Waals surface area contributed by atoms with E-state index in [2.05, 4.69) is 107 Å². The summed E-state index contributed by atoms with van der Waals surface area (Å²) < 4.78 is 0. The van der Waals surface area contributed by atoms with Crippen molar-refractivity contribution in [3.8, 4) is 0 Å². The lowest BCUT2D eigenvalue weighted by molar-refractivity contribution is 0.250. The van der Waals surface area contributed by atoms with E-state index in [4.69, 9.17) is 5.10 Å². The quantitative estimate of drug-likeness (QED) is 0.458. The van der Waals surface area contributed by atoms with Gasteiger partial charge in [-0.3, -0.25) is 5.01 Å². The zero-order chi connectivity index (χ0) is 19.5. The number of anilines is 1. The fourth-order valence-electron chi connectivity index (χ4n) is 4.02. The monoisotopic (exact) mass is 377 g/mol. The molecule has 0 saturated carbocycles. The van der Waals surface area contributed by atoms with Crippen molar-refractivity contribution in [2.45, 2.75) is 12.5 Å². The second kappa shape index (κ2) is 7.80. The fraction of sp³-hybridized carbons (Fsp3) is 0.115. The van der Waals surface area contributed by atoms with Crippen molar-refractivity contribution in [1.29, 1.82) is 0 Å². The molecule has 3 heteroatoms. The van der Waals surface area contributed by atoms with Crippen molar-refractivity contribution >= 4 is 22.2 Å². The number of hydrogen-bond donors (Lipinski definition) is 1. The molecule has 0 aromatic heterocycles. The molecule has 5 rings (SSSR count). The molecule has 142 valence electrons. The van der Waals surface area contributed by atoms with Gasteiger partial charge in [-0.15, -0.1) is 0 Å². The first-order valence-electron chi connectivity index (χ1n) is 10.0. The molecule has 0 amide bonds. The third kappa shape index (κ3) is 3.59. The Kier molecular flexibility index (Phi) is 4.71. The van der Waals surface area contributed by atoms with Gasteiger partial charge in [0.25, 0.3) is 0 Å². The van der Waals surface area contributed by atoms with Crippen LogP contribution in [-0.2, 0) is 0 Å². The molecule has 0 bridgehead atoms. The van der Waals surface area contributed by atoms with Gasteiger partial charge < -0.3 is 5.32 Å². The van der Waals surface area contributed by atoms with Crippen molar-refractivity contribution in [3.63, 3.8) is 0 Å². The van der Waals surface area contributed by atoms with E-state index < -0.39 is 0 Å². The highest BCUT2D eigenvalue weighted by atomic mass is 15.5. The number of nitrogens with one attached hydrogen (secondary N) is 1. The van der Waals surface area contributed by atoms with Crippen molar-refractivity contribution in [2.75, 3.05) is 12.0 Å². The largest absolute Gasteiger partial charge is 0.366 e. The number of fused-ring (bicyclic) bond motifs is 1. The van der Waals surface area contributed by atoms with E-state index in [1.165, 1.54) is 21.9 Å². The summed E-state index contributed by atoms with van der Waals surface area (Å²) in [7, 11) is 0. The van der Waals surface area contributed by atoms with Crippen LogP contribution in [0.2, 0.25) is 0 Å². The highest BCUT2D eigenvalue weighted by molar-refractivity contribution is 6.01. The summed E-state index contributed by atoms with van der Waals surface area (Å²) in [6, 6.07) is 36.2. The van der Waals surface area contributed by atoms with E-state index in [0.29, 0.717) is 6.67 Å². The Labute approximate surface area is 171 Å². The topological polar surface area (TPSA) is 27.6 Å². The van der Waals surface area contributed by atoms with Crippen LogP contribution in [0.5, 0.6) is 0 Å². The summed E-state index contributed by atoms with van der Waals surface area (Å²) >= 11 is 0. The summed E-state index contributed by atoms with van der Waals surface area (Å²) in [5, 5.41) is 13.3. The lowest BCUT2D eigenvalue weighted by atomic mass is 9.99. The van der Waals surface area contributed by atoms with E-state index in [-0.39, 0.29) is 6.04 Å². The van der Waals surface area contributed by atoms with Crippen LogP contribution in [0.15, 0.2) is 108 Å². The van der Waals surface area contributed by atoms with Gasteiger partial charge >= 0.3 is 0 Å². The van der Waals surface area contributed by atoms with Gasteiger partial charge in [-0.25, -0.2) is 0 Å². The van der Waals surface area contributed by atoms with E-state index >= 15 is 0 Å². The Balaban J connectivity index is 1.44. The normalized spacial score (nSPS) is 16.1. The van der Waals surface area contributed by atoms with E-state index in [9.17, 15) is 0 Å². The van der Waals surface area contributed by atoms with Crippen LogP contribution in [0.3, 0.4) is 0 Å². The highest BCUT2D eigenvalue weighted by Crippen LogP contribution is 2.33. The Morgan fingerprint density at radius 2 is 1.45 bits per heavy atom. The average molecular weight is 377 g/mol. The molecule has 1 N–H and O–H groups in total. The lowest BCUT2D eigenvalue weighted by Crippen LogP contribution is -2.25. The predicted octanol–water partition coefficient (Wildman–Crippen LogP) is 6.06. The number of hydrazone groups is 1. The van der Waals surface area contributed by atoms with Crippen LogP contribution in [0.1, 0.15) is 23.6 Å². The Hall–Kier alpha value is -3.59. The number of benzene rings is 4. The smallest absolute Gasteiger partial charge is 0.105 e. The number of rotatable bonds is 5. The second-order valence-corrected chi connectivity index (χ2v) is 7.34. The van der Waals surface area contributed by atoms with Crippen molar-refractivity contribution in [1.82, 2.24) is 5.01 Å². The molecule has 0 fully saturated rings. The summed E-state index contributed by atoms with van der Waals surface area (Å²) in [4.78, 5) is 0. The molecular weight excluding hydrogens is 354 g/mol. The molecule has 0 saturated heterocycles. The lowest BCUT2D eigenvalue weighted by Gasteiger charge is -2.25. The Bertz CT molecular complexity index is 1130. The first kappa shape index (κ1) is 17.5. The molecular formula is C26H23N3. The Morgan fingerprint density at radius 1 is 0.759 bits per heavy atom. The van der Waals surface area contributed by atoms with Crippen LogP contribution in [0, 0.1) is 0 Å². The van der Waals surface area contributed by atoms with Crippen molar-refractivity contribution in [2.24, 2.45) is 5.10 Å². The van der Waals surface area contributed by atoms with Crippen LogP contribution in [-0.4, -0.2) is 17.4 Å². The first-order chi connectivity index (χ1) is 14.4. The van der Waals surface area contributed by atoms with Gasteiger partial charge in [-0.05, 0) is 22.6 Å². The Morgan fingerprint density at radius 3 is 2.28 bits per heavy atom. The minimum atomic E-state index is 0.230. The van der Waals surface area contributed by atoms with Crippen LogP contribution >= 0.6 is 0 Å². The molecule has 1 atom stereocenters. The van der Waals surface area contributed by atoms with Crippen molar-refractivity contribution in [3.05, 3.63) is 114 Å². The highest BCUT2D eigenvalue weighted by Gasteiger charge is 2.28. The molecule has 0 spiro atoms. The fourth-order valence-corrected chi connectivity index (χ4v) is 4.02. The summed E-state index contributed by atoms with van der Waals surface area (Å²) in [5.41, 5.74) is 4.76. The number of hydrogen-bond acceptors (Lipinski definition) is 3. The molecule has 3 nitrogen and oxygen atoms in total. The van der Waals surface area contributed by atoms with Gasteiger partial charge in [0.1, 0.15) is 6.67 Å². The summed E-state index contributed by atoms with van der Waals surface area (Å²) in [5.74, 6) is 0. The first-order valence-corrected chi connectivity index (χ1v) is 10.0. The predicted molar refractivity (Wildman–Crippen MR) is 121 cm³/mol. The maximum Gasteiger partial charge on any atom is 0.105 e. The maximum absolute atomic E-state index is 5.00. The van der Waals surface area contributed by atoms with E-state index in [1.54, 1.807) is 0 Å². The standard InChI is InChI=1S/C26H23N3/c1-3-11-21(12-4-1)25-18-26(22-13-5-2-6-14-22)29(28-25)19-27-24-17-9-15-20-10-7-8-16-23(20)24/h1-17,26-27H,18-19H2/t26-/m0/s1. The van der Waals surface area contributed by atoms with Crippen molar-refractivity contribution < 1.29 is 0 Å². The molecule has 1 heterocycles. The molecule has 1 aliphatic heterocycles. The van der Waals surface area contributed by atoms with Gasteiger partial charge in [0.05, 0.1) is 11.8 Å². The second-order valence-electron chi connectivity index (χ2n) is 7.34. The average Bonchev–Trinajstić information content (AvgIpc) is 3.23. The zero-order valence-corrected chi connectivity index (χ0v) is 16.2. The molecule has 29 heavy (non-hydrogen) atoms. The zero-order valence-electron chi connectivity index (χ0n) is 16.2. The maximum atomic E-state index is 5.00. The van der Waals surface area contributed by atoms with Gasteiger partial charge in [-0.2, -0.15) is 5.10 Å². The molecule has 0 aliphatic carbocycles. The SMILES string of the molecule is c1ccc(C2=NN(CNc3cccc4ccccc34)[C@H](c3ccccc3)C2)cc1. The van der Waals surface area contributed by atoms with Gasteiger partial charge in [0.2, 0.25) is 0 Å². The number of nitrogens with zero attached hydrogens (tertiary/aromatic N) is 2. The summed E-state index contributed by atoms with van der Waals surface area (Å²) in [6.07, 6.45) is 0.908. The molecule has 0 radical (unpaired) electrons. The van der Waals surface area contributed by atoms with Crippen LogP contribution in [0.4, 0.5) is 5.69 Å². The van der Waals surface area contributed by atoms with Crippen LogP contribution in [0.25, 0.3) is 10.8 Å². The van der Waals surface area contributed by atoms with E-state index in [1.807, 2.05) is 6.07 Å². The molecule has 1 aliphatic rings.